The molecule has 106 valence electrons. The van der Waals surface area contributed by atoms with E-state index >= 15 is 0 Å². The third kappa shape index (κ3) is 4.94. The Labute approximate surface area is 111 Å². The average Bonchev–Trinajstić information content (AvgIpc) is 2.39. The quantitative estimate of drug-likeness (QED) is 0.646. The maximum Gasteiger partial charge on any atom is 0.234 e. The maximum absolute atomic E-state index is 11.6. The van der Waals surface area contributed by atoms with Crippen LogP contribution in [0.15, 0.2) is 0 Å². The van der Waals surface area contributed by atoms with E-state index < -0.39 is 0 Å². The number of aliphatic hydroxyl groups excluding tert-OH is 1. The van der Waals surface area contributed by atoms with Crippen LogP contribution in [-0.4, -0.2) is 36.8 Å². The first-order valence-electron chi connectivity index (χ1n) is 7.23. The molecule has 0 aromatic rings. The highest BCUT2D eigenvalue weighted by Crippen LogP contribution is 2.35. The molecule has 1 saturated carbocycles. The number of carbonyl (C=O) groups excluding carboxylic acids is 1. The smallest absolute Gasteiger partial charge is 0.234 e. The Morgan fingerprint density at radius 2 is 2.00 bits per heavy atom. The van der Waals surface area contributed by atoms with E-state index in [1.165, 1.54) is 19.3 Å². The van der Waals surface area contributed by atoms with Crippen LogP contribution in [0.25, 0.3) is 0 Å². The van der Waals surface area contributed by atoms with Gasteiger partial charge in [-0.15, -0.1) is 0 Å². The van der Waals surface area contributed by atoms with Crippen LogP contribution in [0, 0.1) is 5.41 Å². The van der Waals surface area contributed by atoms with Crippen LogP contribution in [0.2, 0.25) is 0 Å². The third-order valence-electron chi connectivity index (χ3n) is 4.05. The molecule has 1 aliphatic rings. The minimum absolute atomic E-state index is 0.00883. The van der Waals surface area contributed by atoms with Crippen molar-refractivity contribution in [3.8, 4) is 0 Å². The van der Waals surface area contributed by atoms with Crippen molar-refractivity contribution in [1.82, 2.24) is 10.6 Å². The van der Waals surface area contributed by atoms with Gasteiger partial charge in [-0.3, -0.25) is 4.79 Å². The number of hydrogen-bond acceptors (Lipinski definition) is 3. The molecular weight excluding hydrogens is 228 g/mol. The Bertz CT molecular complexity index is 250. The molecule has 0 bridgehead atoms. The van der Waals surface area contributed by atoms with Crippen molar-refractivity contribution in [3.63, 3.8) is 0 Å². The van der Waals surface area contributed by atoms with Crippen LogP contribution >= 0.6 is 0 Å². The lowest BCUT2D eigenvalue weighted by Gasteiger charge is -2.35. The fourth-order valence-corrected chi connectivity index (χ4v) is 2.56. The monoisotopic (exact) mass is 256 g/mol. The molecule has 18 heavy (non-hydrogen) atoms. The summed E-state index contributed by atoms with van der Waals surface area (Å²) in [6.07, 6.45) is 6.76. The molecule has 4 nitrogen and oxygen atoms in total. The lowest BCUT2D eigenvalue weighted by molar-refractivity contribution is -0.121. The van der Waals surface area contributed by atoms with Crippen molar-refractivity contribution in [2.24, 2.45) is 5.41 Å². The summed E-state index contributed by atoms with van der Waals surface area (Å²) in [6.45, 7) is 5.39. The number of nitrogens with one attached hydrogen (secondary N) is 2. The summed E-state index contributed by atoms with van der Waals surface area (Å²) in [7, 11) is 0. The van der Waals surface area contributed by atoms with Crippen LogP contribution in [0.3, 0.4) is 0 Å². The number of rotatable bonds is 7. The van der Waals surface area contributed by atoms with Gasteiger partial charge in [0.15, 0.2) is 0 Å². The van der Waals surface area contributed by atoms with Crippen LogP contribution in [0.5, 0.6) is 0 Å². The van der Waals surface area contributed by atoms with E-state index in [4.69, 9.17) is 0 Å². The van der Waals surface area contributed by atoms with E-state index in [9.17, 15) is 9.90 Å². The largest absolute Gasteiger partial charge is 0.396 e. The molecule has 1 unspecified atom stereocenters. The van der Waals surface area contributed by atoms with Gasteiger partial charge in [-0.25, -0.2) is 0 Å². The summed E-state index contributed by atoms with van der Waals surface area (Å²) in [5.41, 5.74) is 0.00883. The fourth-order valence-electron chi connectivity index (χ4n) is 2.56. The summed E-state index contributed by atoms with van der Waals surface area (Å²) < 4.78 is 0. The Balaban J connectivity index is 2.24. The van der Waals surface area contributed by atoms with Crippen molar-refractivity contribution >= 4 is 5.91 Å². The number of aliphatic hydroxyl groups is 1. The lowest BCUT2D eigenvalue weighted by atomic mass is 9.74. The van der Waals surface area contributed by atoms with Crippen molar-refractivity contribution in [2.45, 2.75) is 58.4 Å². The molecule has 0 heterocycles. The Morgan fingerprint density at radius 1 is 1.33 bits per heavy atom. The van der Waals surface area contributed by atoms with Crippen LogP contribution < -0.4 is 10.6 Å². The summed E-state index contributed by atoms with van der Waals surface area (Å²) in [6, 6.07) is 0.237. The second-order valence-corrected chi connectivity index (χ2v) is 5.70. The molecule has 0 radical (unpaired) electrons. The van der Waals surface area contributed by atoms with E-state index in [0.717, 1.165) is 25.8 Å². The zero-order valence-corrected chi connectivity index (χ0v) is 11.8. The highest BCUT2D eigenvalue weighted by atomic mass is 16.3. The molecule has 0 saturated heterocycles. The molecule has 1 aliphatic carbocycles. The normalized spacial score (nSPS) is 20.4. The highest BCUT2D eigenvalue weighted by Gasteiger charge is 2.30. The molecule has 0 aromatic heterocycles. The van der Waals surface area contributed by atoms with Crippen molar-refractivity contribution < 1.29 is 9.90 Å². The molecule has 0 aromatic carbocycles. The van der Waals surface area contributed by atoms with E-state index in [1.807, 2.05) is 6.92 Å². The number of hydrogen-bond donors (Lipinski definition) is 3. The standard InChI is InChI=1S/C14H28N2O2/c1-3-12(2)16-13(18)9-15-10-14(11-17)7-5-4-6-8-14/h12,15,17H,3-11H2,1-2H3,(H,16,18). The predicted molar refractivity (Wildman–Crippen MR) is 73.4 cm³/mol. The SMILES string of the molecule is CCC(C)NC(=O)CNCC1(CO)CCCCC1. The highest BCUT2D eigenvalue weighted by molar-refractivity contribution is 5.78. The van der Waals surface area contributed by atoms with Gasteiger partial charge in [-0.1, -0.05) is 26.2 Å². The summed E-state index contributed by atoms with van der Waals surface area (Å²) in [5, 5.41) is 15.7. The molecule has 4 heteroatoms. The number of amides is 1. The molecule has 0 aliphatic heterocycles. The summed E-state index contributed by atoms with van der Waals surface area (Å²) in [4.78, 5) is 11.6. The van der Waals surface area contributed by atoms with Gasteiger partial charge in [0.05, 0.1) is 6.54 Å². The predicted octanol–water partition coefficient (Wildman–Crippen LogP) is 1.43. The fraction of sp³-hybridized carbons (Fsp3) is 0.929. The second-order valence-electron chi connectivity index (χ2n) is 5.70. The summed E-state index contributed by atoms with van der Waals surface area (Å²) in [5.74, 6) is 0.0493. The van der Waals surface area contributed by atoms with Gasteiger partial charge >= 0.3 is 0 Å². The minimum Gasteiger partial charge on any atom is -0.396 e. The second kappa shape index (κ2) is 7.74. The molecule has 0 spiro atoms. The van der Waals surface area contributed by atoms with E-state index in [1.54, 1.807) is 0 Å². The van der Waals surface area contributed by atoms with Gasteiger partial charge in [0, 0.05) is 24.6 Å². The van der Waals surface area contributed by atoms with Crippen molar-refractivity contribution in [1.29, 1.82) is 0 Å². The number of carbonyl (C=O) groups is 1. The first-order valence-corrected chi connectivity index (χ1v) is 7.23. The summed E-state index contributed by atoms with van der Waals surface area (Å²) >= 11 is 0. The molecule has 1 fully saturated rings. The Hall–Kier alpha value is -0.610. The van der Waals surface area contributed by atoms with Gasteiger partial charge in [0.2, 0.25) is 5.91 Å². The molecule has 3 N–H and O–H groups in total. The zero-order chi connectivity index (χ0) is 13.4. The van der Waals surface area contributed by atoms with Gasteiger partial charge in [-0.05, 0) is 26.2 Å². The van der Waals surface area contributed by atoms with E-state index in [-0.39, 0.29) is 24.0 Å². The van der Waals surface area contributed by atoms with Crippen LogP contribution in [-0.2, 0) is 4.79 Å². The Kier molecular flexibility index (Phi) is 6.65. The average molecular weight is 256 g/mol. The van der Waals surface area contributed by atoms with Gasteiger partial charge in [0.25, 0.3) is 0 Å². The topological polar surface area (TPSA) is 61.4 Å². The van der Waals surface area contributed by atoms with Gasteiger partial charge in [-0.2, -0.15) is 0 Å². The first kappa shape index (κ1) is 15.4. The van der Waals surface area contributed by atoms with Crippen molar-refractivity contribution in [3.05, 3.63) is 0 Å². The minimum atomic E-state index is 0.00883. The van der Waals surface area contributed by atoms with E-state index in [0.29, 0.717) is 6.54 Å². The van der Waals surface area contributed by atoms with Crippen molar-refractivity contribution in [2.75, 3.05) is 19.7 Å². The van der Waals surface area contributed by atoms with Crippen LogP contribution in [0.1, 0.15) is 52.4 Å². The van der Waals surface area contributed by atoms with Gasteiger partial charge in [0.1, 0.15) is 0 Å². The maximum atomic E-state index is 11.6. The molecule has 1 amide bonds. The lowest BCUT2D eigenvalue weighted by Crippen LogP contribution is -2.44. The first-order chi connectivity index (χ1) is 8.62. The van der Waals surface area contributed by atoms with Gasteiger partial charge < -0.3 is 15.7 Å². The Morgan fingerprint density at radius 3 is 2.56 bits per heavy atom. The van der Waals surface area contributed by atoms with E-state index in [2.05, 4.69) is 17.6 Å². The zero-order valence-electron chi connectivity index (χ0n) is 11.8. The molecule has 1 rings (SSSR count). The molecule has 1 atom stereocenters. The molecular formula is C14H28N2O2. The van der Waals surface area contributed by atoms with Crippen LogP contribution in [0.4, 0.5) is 0 Å². The third-order valence-corrected chi connectivity index (χ3v) is 4.05.